The zero-order valence-electron chi connectivity index (χ0n) is 17.5. The number of anilines is 1. The van der Waals surface area contributed by atoms with E-state index in [4.69, 9.17) is 9.72 Å². The van der Waals surface area contributed by atoms with Crippen molar-refractivity contribution in [3.63, 3.8) is 0 Å². The second kappa shape index (κ2) is 8.58. The van der Waals surface area contributed by atoms with E-state index < -0.39 is 0 Å². The van der Waals surface area contributed by atoms with Gasteiger partial charge in [-0.05, 0) is 31.7 Å². The van der Waals surface area contributed by atoms with Crippen LogP contribution in [-0.2, 0) is 17.8 Å². The molecule has 1 saturated heterocycles. The number of ether oxygens (including phenoxy) is 1. The molecule has 1 N–H and O–H groups in total. The Morgan fingerprint density at radius 1 is 1.24 bits per heavy atom. The smallest absolute Gasteiger partial charge is 0.317 e. The van der Waals surface area contributed by atoms with Gasteiger partial charge in [0.1, 0.15) is 11.9 Å². The number of nitrogens with zero attached hydrogens (tertiary/aromatic N) is 4. The van der Waals surface area contributed by atoms with Crippen molar-refractivity contribution in [1.29, 1.82) is 5.26 Å². The van der Waals surface area contributed by atoms with Crippen LogP contribution >= 0.6 is 0 Å². The summed E-state index contributed by atoms with van der Waals surface area (Å²) >= 11 is 0. The predicted octanol–water partition coefficient (Wildman–Crippen LogP) is 2.92. The standard InChI is InChI=1S/C22H31N5O2/c1-15-13-26(9-10-27(15)22(28)24-2)21-18(12-23)17-8-11-29-14-19(17)20(25-21)16-6-4-3-5-7-16/h15-16H,3-11,13-14H2,1-2H3,(H,24,28)/t15-/m1/s1. The van der Waals surface area contributed by atoms with Crippen LogP contribution in [0.4, 0.5) is 10.6 Å². The largest absolute Gasteiger partial charge is 0.376 e. The monoisotopic (exact) mass is 397 g/mol. The molecule has 1 atom stereocenters. The van der Waals surface area contributed by atoms with Crippen LogP contribution in [-0.4, -0.2) is 55.2 Å². The van der Waals surface area contributed by atoms with Crippen molar-refractivity contribution in [2.75, 3.05) is 38.2 Å². The molecular weight excluding hydrogens is 366 g/mol. The van der Waals surface area contributed by atoms with E-state index in [0.29, 0.717) is 44.3 Å². The lowest BCUT2D eigenvalue weighted by molar-refractivity contribution is 0.109. The summed E-state index contributed by atoms with van der Waals surface area (Å²) in [5.41, 5.74) is 4.18. The van der Waals surface area contributed by atoms with Crippen LogP contribution in [0.5, 0.6) is 0 Å². The molecule has 7 nitrogen and oxygen atoms in total. The number of nitriles is 1. The summed E-state index contributed by atoms with van der Waals surface area (Å²) < 4.78 is 5.77. The fourth-order valence-electron chi connectivity index (χ4n) is 5.12. The molecule has 7 heteroatoms. The fraction of sp³-hybridized carbons (Fsp3) is 0.682. The van der Waals surface area contributed by atoms with E-state index in [1.807, 2.05) is 4.90 Å². The third-order valence-electron chi connectivity index (χ3n) is 6.67. The quantitative estimate of drug-likeness (QED) is 0.830. The van der Waals surface area contributed by atoms with Gasteiger partial charge in [-0.2, -0.15) is 5.26 Å². The molecule has 1 saturated carbocycles. The highest BCUT2D eigenvalue weighted by molar-refractivity contribution is 5.74. The van der Waals surface area contributed by atoms with E-state index in [2.05, 4.69) is 23.2 Å². The van der Waals surface area contributed by atoms with Crippen LogP contribution in [0, 0.1) is 11.3 Å². The molecule has 3 heterocycles. The van der Waals surface area contributed by atoms with Crippen molar-refractivity contribution >= 4 is 11.8 Å². The van der Waals surface area contributed by atoms with Crippen molar-refractivity contribution < 1.29 is 9.53 Å². The van der Waals surface area contributed by atoms with Gasteiger partial charge >= 0.3 is 6.03 Å². The minimum atomic E-state index is -0.0453. The van der Waals surface area contributed by atoms with Gasteiger partial charge in [0, 0.05) is 44.2 Å². The number of amides is 2. The van der Waals surface area contributed by atoms with Crippen LogP contribution in [0.1, 0.15) is 67.3 Å². The van der Waals surface area contributed by atoms with Gasteiger partial charge in [-0.1, -0.05) is 19.3 Å². The first-order valence-electron chi connectivity index (χ1n) is 10.9. The number of fused-ring (bicyclic) bond motifs is 1. The minimum Gasteiger partial charge on any atom is -0.376 e. The number of carbonyl (C=O) groups excluding carboxylic acids is 1. The zero-order chi connectivity index (χ0) is 20.4. The highest BCUT2D eigenvalue weighted by Gasteiger charge is 2.33. The van der Waals surface area contributed by atoms with Crippen LogP contribution < -0.4 is 10.2 Å². The predicted molar refractivity (Wildman–Crippen MR) is 111 cm³/mol. The van der Waals surface area contributed by atoms with Gasteiger partial charge in [-0.25, -0.2) is 9.78 Å². The molecule has 1 aliphatic carbocycles. The first-order valence-corrected chi connectivity index (χ1v) is 10.9. The van der Waals surface area contributed by atoms with E-state index in [1.165, 1.54) is 37.7 Å². The molecule has 1 aromatic heterocycles. The number of aromatic nitrogens is 1. The number of piperazine rings is 1. The van der Waals surface area contributed by atoms with E-state index >= 15 is 0 Å². The summed E-state index contributed by atoms with van der Waals surface area (Å²) in [6, 6.07) is 2.48. The van der Waals surface area contributed by atoms with Crippen LogP contribution in [0.15, 0.2) is 0 Å². The number of urea groups is 1. The molecule has 0 radical (unpaired) electrons. The molecule has 0 aromatic carbocycles. The minimum absolute atomic E-state index is 0.0453. The Morgan fingerprint density at radius 3 is 2.72 bits per heavy atom. The van der Waals surface area contributed by atoms with E-state index in [9.17, 15) is 10.1 Å². The molecule has 0 bridgehead atoms. The zero-order valence-corrected chi connectivity index (χ0v) is 17.5. The normalized spacial score (nSPS) is 22.7. The first-order chi connectivity index (χ1) is 14.1. The molecular formula is C22H31N5O2. The van der Waals surface area contributed by atoms with E-state index in [-0.39, 0.29) is 12.1 Å². The molecule has 2 aliphatic heterocycles. The summed E-state index contributed by atoms with van der Waals surface area (Å²) in [7, 11) is 1.67. The maximum atomic E-state index is 12.1. The first kappa shape index (κ1) is 20.0. The average molecular weight is 398 g/mol. The summed E-state index contributed by atoms with van der Waals surface area (Å²) in [4.78, 5) is 21.3. The Bertz CT molecular complexity index is 812. The average Bonchev–Trinajstić information content (AvgIpc) is 2.78. The molecule has 4 rings (SSSR count). The summed E-state index contributed by atoms with van der Waals surface area (Å²) in [6.07, 6.45) is 6.92. The van der Waals surface area contributed by atoms with Gasteiger partial charge in [-0.15, -0.1) is 0 Å². The summed E-state index contributed by atoms with van der Waals surface area (Å²) in [5, 5.41) is 12.7. The molecule has 2 fully saturated rings. The maximum absolute atomic E-state index is 12.1. The molecule has 1 aromatic rings. The van der Waals surface area contributed by atoms with E-state index in [0.717, 1.165) is 23.5 Å². The number of carbonyl (C=O) groups is 1. The number of hydrogen-bond donors (Lipinski definition) is 1. The number of nitrogens with one attached hydrogen (secondary N) is 1. The Hall–Kier alpha value is -2.33. The SMILES string of the molecule is CNC(=O)N1CCN(c2nc(C3CCCCC3)c3c(c2C#N)CCOC3)C[C@H]1C. The van der Waals surface area contributed by atoms with Crippen molar-refractivity contribution in [2.24, 2.45) is 0 Å². The molecule has 156 valence electrons. The summed E-state index contributed by atoms with van der Waals surface area (Å²) in [6.45, 7) is 5.31. The molecule has 29 heavy (non-hydrogen) atoms. The maximum Gasteiger partial charge on any atom is 0.317 e. The lowest BCUT2D eigenvalue weighted by Crippen LogP contribution is -2.56. The van der Waals surface area contributed by atoms with Crippen LogP contribution in [0.25, 0.3) is 0 Å². The van der Waals surface area contributed by atoms with Crippen molar-refractivity contribution in [3.05, 3.63) is 22.4 Å². The highest BCUT2D eigenvalue weighted by atomic mass is 16.5. The topological polar surface area (TPSA) is 81.5 Å². The van der Waals surface area contributed by atoms with Crippen LogP contribution in [0.3, 0.4) is 0 Å². The Kier molecular flexibility index (Phi) is 5.91. The van der Waals surface area contributed by atoms with Crippen molar-refractivity contribution in [3.8, 4) is 6.07 Å². The number of pyridine rings is 1. The summed E-state index contributed by atoms with van der Waals surface area (Å²) in [5.74, 6) is 1.28. The van der Waals surface area contributed by atoms with Gasteiger partial charge in [-0.3, -0.25) is 0 Å². The number of hydrogen-bond acceptors (Lipinski definition) is 5. The second-order valence-electron chi connectivity index (χ2n) is 8.45. The van der Waals surface area contributed by atoms with E-state index in [1.54, 1.807) is 7.05 Å². The van der Waals surface area contributed by atoms with Gasteiger partial charge < -0.3 is 19.9 Å². The Labute approximate surface area is 173 Å². The van der Waals surface area contributed by atoms with Crippen LogP contribution in [0.2, 0.25) is 0 Å². The van der Waals surface area contributed by atoms with Gasteiger partial charge in [0.15, 0.2) is 0 Å². The molecule has 0 spiro atoms. The molecule has 0 unspecified atom stereocenters. The third kappa shape index (κ3) is 3.78. The lowest BCUT2D eigenvalue weighted by atomic mass is 9.82. The Balaban J connectivity index is 1.71. The lowest BCUT2D eigenvalue weighted by Gasteiger charge is -2.41. The third-order valence-corrected chi connectivity index (χ3v) is 6.67. The number of rotatable bonds is 2. The van der Waals surface area contributed by atoms with Crippen molar-refractivity contribution in [2.45, 2.75) is 64.0 Å². The molecule has 3 aliphatic rings. The van der Waals surface area contributed by atoms with Gasteiger partial charge in [0.25, 0.3) is 0 Å². The Morgan fingerprint density at radius 2 is 2.03 bits per heavy atom. The fourth-order valence-corrected chi connectivity index (χ4v) is 5.12. The van der Waals surface area contributed by atoms with Gasteiger partial charge in [0.05, 0.1) is 24.5 Å². The second-order valence-corrected chi connectivity index (χ2v) is 8.45. The molecule has 2 amide bonds. The van der Waals surface area contributed by atoms with Gasteiger partial charge in [0.2, 0.25) is 0 Å². The highest BCUT2D eigenvalue weighted by Crippen LogP contribution is 2.39. The van der Waals surface area contributed by atoms with Crippen molar-refractivity contribution in [1.82, 2.24) is 15.2 Å².